The second-order valence-electron chi connectivity index (χ2n) is 4.49. The van der Waals surface area contributed by atoms with Crippen LogP contribution in [0.2, 0.25) is 0 Å². The zero-order valence-corrected chi connectivity index (χ0v) is 10.3. The highest BCUT2D eigenvalue weighted by Crippen LogP contribution is 2.17. The van der Waals surface area contributed by atoms with Gasteiger partial charge in [0.05, 0.1) is 12.6 Å². The lowest BCUT2D eigenvalue weighted by Gasteiger charge is -2.17. The van der Waals surface area contributed by atoms with Gasteiger partial charge in [-0.1, -0.05) is 29.8 Å². The number of benzene rings is 1. The maximum atomic E-state index is 5.58. The minimum absolute atomic E-state index is 0.137. The number of hydrogen-bond acceptors (Lipinski definition) is 3. The summed E-state index contributed by atoms with van der Waals surface area (Å²) in [7, 11) is 0. The third-order valence-electron chi connectivity index (χ3n) is 3.08. The van der Waals surface area contributed by atoms with Crippen LogP contribution in [-0.2, 0) is 11.2 Å². The lowest BCUT2D eigenvalue weighted by atomic mass is 10.0. The van der Waals surface area contributed by atoms with Gasteiger partial charge >= 0.3 is 0 Å². The van der Waals surface area contributed by atoms with E-state index < -0.39 is 0 Å². The highest BCUT2D eigenvalue weighted by atomic mass is 16.5. The molecule has 0 saturated heterocycles. The Morgan fingerprint density at radius 2 is 2.35 bits per heavy atom. The first-order valence-electron chi connectivity index (χ1n) is 6.14. The van der Waals surface area contributed by atoms with Gasteiger partial charge in [0.1, 0.15) is 5.76 Å². The van der Waals surface area contributed by atoms with Crippen molar-refractivity contribution in [3.63, 3.8) is 0 Å². The third-order valence-corrected chi connectivity index (χ3v) is 3.08. The molecule has 0 fully saturated rings. The number of aryl methyl sites for hydroxylation is 2. The Morgan fingerprint density at radius 1 is 1.47 bits per heavy atom. The molecule has 2 rings (SSSR count). The zero-order chi connectivity index (χ0) is 12.1. The fraction of sp³-hybridized carbons (Fsp3) is 0.429. The molecule has 1 atom stereocenters. The van der Waals surface area contributed by atoms with E-state index in [0.717, 1.165) is 31.6 Å². The molecule has 92 valence electrons. The summed E-state index contributed by atoms with van der Waals surface area (Å²) in [4.78, 5) is 0. The molecule has 1 aromatic carbocycles. The molecule has 1 aromatic rings. The Balaban J connectivity index is 1.91. The molecule has 0 saturated carbocycles. The van der Waals surface area contributed by atoms with Crippen LogP contribution < -0.4 is 11.3 Å². The van der Waals surface area contributed by atoms with Crippen molar-refractivity contribution >= 4 is 0 Å². The SMILES string of the molecule is Cc1cccc(CCC(NN)C2=CCCO2)c1. The van der Waals surface area contributed by atoms with Crippen LogP contribution in [0.4, 0.5) is 0 Å². The third kappa shape index (κ3) is 3.32. The maximum Gasteiger partial charge on any atom is 0.110 e. The van der Waals surface area contributed by atoms with E-state index in [4.69, 9.17) is 10.6 Å². The molecule has 3 N–H and O–H groups in total. The molecule has 1 heterocycles. The number of hydrazine groups is 1. The number of ether oxygens (including phenoxy) is 1. The average Bonchev–Trinajstić information content (AvgIpc) is 2.84. The van der Waals surface area contributed by atoms with E-state index in [1.165, 1.54) is 11.1 Å². The van der Waals surface area contributed by atoms with E-state index in [-0.39, 0.29) is 6.04 Å². The second kappa shape index (κ2) is 5.84. The summed E-state index contributed by atoms with van der Waals surface area (Å²) in [5.41, 5.74) is 5.49. The molecule has 0 spiro atoms. The highest BCUT2D eigenvalue weighted by molar-refractivity contribution is 5.22. The molecular formula is C14H20N2O. The highest BCUT2D eigenvalue weighted by Gasteiger charge is 2.17. The summed E-state index contributed by atoms with van der Waals surface area (Å²) in [6.45, 7) is 2.91. The fourth-order valence-electron chi connectivity index (χ4n) is 2.17. The van der Waals surface area contributed by atoms with Crippen LogP contribution in [-0.4, -0.2) is 12.6 Å². The molecule has 1 unspecified atom stereocenters. The monoisotopic (exact) mass is 232 g/mol. The van der Waals surface area contributed by atoms with Crippen molar-refractivity contribution in [2.75, 3.05) is 6.61 Å². The molecule has 17 heavy (non-hydrogen) atoms. The summed E-state index contributed by atoms with van der Waals surface area (Å²) < 4.78 is 5.54. The smallest absolute Gasteiger partial charge is 0.110 e. The van der Waals surface area contributed by atoms with Gasteiger partial charge in [-0.15, -0.1) is 0 Å². The van der Waals surface area contributed by atoms with Gasteiger partial charge in [-0.2, -0.15) is 0 Å². The van der Waals surface area contributed by atoms with Crippen molar-refractivity contribution in [1.82, 2.24) is 5.43 Å². The quantitative estimate of drug-likeness (QED) is 0.603. The van der Waals surface area contributed by atoms with Crippen LogP contribution >= 0.6 is 0 Å². The number of hydrogen-bond donors (Lipinski definition) is 2. The fourth-order valence-corrected chi connectivity index (χ4v) is 2.17. The molecular weight excluding hydrogens is 212 g/mol. The average molecular weight is 232 g/mol. The van der Waals surface area contributed by atoms with E-state index in [0.29, 0.717) is 0 Å². The Morgan fingerprint density at radius 3 is 3.00 bits per heavy atom. The van der Waals surface area contributed by atoms with Crippen molar-refractivity contribution in [2.45, 2.75) is 32.2 Å². The van der Waals surface area contributed by atoms with Crippen molar-refractivity contribution in [2.24, 2.45) is 5.84 Å². The van der Waals surface area contributed by atoms with Crippen LogP contribution in [0, 0.1) is 6.92 Å². The maximum absolute atomic E-state index is 5.58. The van der Waals surface area contributed by atoms with Crippen LogP contribution in [0.3, 0.4) is 0 Å². The van der Waals surface area contributed by atoms with Crippen LogP contribution in [0.1, 0.15) is 24.0 Å². The Hall–Kier alpha value is -1.32. The molecule has 0 bridgehead atoms. The van der Waals surface area contributed by atoms with Gasteiger partial charge in [0.25, 0.3) is 0 Å². The first-order valence-corrected chi connectivity index (χ1v) is 6.14. The van der Waals surface area contributed by atoms with Crippen molar-refractivity contribution in [1.29, 1.82) is 0 Å². The predicted octanol–water partition coefficient (Wildman–Crippen LogP) is 2.06. The minimum Gasteiger partial charge on any atom is -0.496 e. The van der Waals surface area contributed by atoms with Crippen molar-refractivity contribution in [3.05, 3.63) is 47.2 Å². The number of nitrogens with two attached hydrogens (primary N) is 1. The summed E-state index contributed by atoms with van der Waals surface area (Å²) in [5, 5.41) is 0. The molecule has 0 radical (unpaired) electrons. The first-order chi connectivity index (χ1) is 8.29. The molecule has 0 aromatic heterocycles. The molecule has 3 nitrogen and oxygen atoms in total. The van der Waals surface area contributed by atoms with E-state index in [9.17, 15) is 0 Å². The number of nitrogens with one attached hydrogen (secondary N) is 1. The molecule has 0 amide bonds. The summed E-state index contributed by atoms with van der Waals surface area (Å²) in [6, 6.07) is 8.73. The molecule has 1 aliphatic rings. The van der Waals surface area contributed by atoms with Crippen molar-refractivity contribution in [3.8, 4) is 0 Å². The largest absolute Gasteiger partial charge is 0.496 e. The Labute approximate surface area is 103 Å². The summed E-state index contributed by atoms with van der Waals surface area (Å²) >= 11 is 0. The molecule has 0 aliphatic carbocycles. The summed E-state index contributed by atoms with van der Waals surface area (Å²) in [5.74, 6) is 6.58. The van der Waals surface area contributed by atoms with Gasteiger partial charge in [0, 0.05) is 6.42 Å². The molecule has 3 heteroatoms. The topological polar surface area (TPSA) is 47.3 Å². The zero-order valence-electron chi connectivity index (χ0n) is 10.3. The Bertz CT molecular complexity index is 401. The van der Waals surface area contributed by atoms with E-state index in [1.54, 1.807) is 0 Å². The second-order valence-corrected chi connectivity index (χ2v) is 4.49. The van der Waals surface area contributed by atoms with Gasteiger partial charge < -0.3 is 4.74 Å². The predicted molar refractivity (Wildman–Crippen MR) is 69.3 cm³/mol. The van der Waals surface area contributed by atoms with Crippen LogP contribution in [0.15, 0.2) is 36.1 Å². The van der Waals surface area contributed by atoms with Crippen molar-refractivity contribution < 1.29 is 4.74 Å². The van der Waals surface area contributed by atoms with Gasteiger partial charge in [0.2, 0.25) is 0 Å². The standard InChI is InChI=1S/C14H20N2O/c1-11-4-2-5-12(10-11)7-8-13(16-15)14-6-3-9-17-14/h2,4-6,10,13,16H,3,7-9,15H2,1H3. The summed E-state index contributed by atoms with van der Waals surface area (Å²) in [6.07, 6.45) is 5.10. The van der Waals surface area contributed by atoms with E-state index >= 15 is 0 Å². The lowest BCUT2D eigenvalue weighted by molar-refractivity contribution is 0.212. The van der Waals surface area contributed by atoms with Gasteiger partial charge in [-0.3, -0.25) is 5.84 Å². The Kier molecular flexibility index (Phi) is 4.18. The van der Waals surface area contributed by atoms with E-state index in [2.05, 4.69) is 42.7 Å². The lowest BCUT2D eigenvalue weighted by Crippen LogP contribution is -2.37. The first kappa shape index (κ1) is 12.1. The normalized spacial score (nSPS) is 16.5. The van der Waals surface area contributed by atoms with E-state index in [1.807, 2.05) is 0 Å². The van der Waals surface area contributed by atoms with Crippen LogP contribution in [0.25, 0.3) is 0 Å². The molecule has 1 aliphatic heterocycles. The minimum atomic E-state index is 0.137. The van der Waals surface area contributed by atoms with Crippen LogP contribution in [0.5, 0.6) is 0 Å². The van der Waals surface area contributed by atoms with Gasteiger partial charge in [0.15, 0.2) is 0 Å². The van der Waals surface area contributed by atoms with Gasteiger partial charge in [-0.05, 0) is 31.4 Å². The van der Waals surface area contributed by atoms with Gasteiger partial charge in [-0.25, -0.2) is 5.43 Å². The number of rotatable bonds is 5.